The van der Waals surface area contributed by atoms with E-state index in [1.165, 1.54) is 22.5 Å². The van der Waals surface area contributed by atoms with Crippen LogP contribution in [-0.4, -0.2) is 23.3 Å². The summed E-state index contributed by atoms with van der Waals surface area (Å²) in [5.41, 5.74) is 9.95. The van der Waals surface area contributed by atoms with E-state index < -0.39 is 0 Å². The molecule has 5 rings (SSSR count). The molecule has 0 unspecified atom stereocenters. The Hall–Kier alpha value is -4.44. The first-order chi connectivity index (χ1) is 20.0. The maximum absolute atomic E-state index is 10.8. The van der Waals surface area contributed by atoms with E-state index in [0.717, 1.165) is 72.3 Å². The number of hydrogen-bond acceptors (Lipinski definition) is 4. The number of benzene rings is 3. The SMILES string of the molecule is C=CCC1=CCCC=C1N(CC)Cc1cc(C(=C)c2ccc3c(c2)CN(c2ccccc2CC=C)CO3)ccc1O. The van der Waals surface area contributed by atoms with E-state index in [1.807, 2.05) is 24.3 Å². The maximum Gasteiger partial charge on any atom is 0.161 e. The molecule has 2 aliphatic rings. The minimum absolute atomic E-state index is 0.304. The molecule has 0 spiro atoms. The van der Waals surface area contributed by atoms with E-state index in [4.69, 9.17) is 4.74 Å². The second-order valence-corrected chi connectivity index (χ2v) is 10.6. The molecule has 1 aliphatic heterocycles. The highest BCUT2D eigenvalue weighted by atomic mass is 16.5. The molecule has 1 heterocycles. The molecule has 0 saturated heterocycles. The first-order valence-corrected chi connectivity index (χ1v) is 14.5. The number of fused-ring (bicyclic) bond motifs is 1. The van der Waals surface area contributed by atoms with Crippen molar-refractivity contribution < 1.29 is 9.84 Å². The fraction of sp³-hybridized carbons (Fsp3) is 0.243. The Bertz CT molecular complexity index is 1510. The third-order valence-corrected chi connectivity index (χ3v) is 7.94. The Morgan fingerprint density at radius 1 is 0.951 bits per heavy atom. The molecule has 4 nitrogen and oxygen atoms in total. The van der Waals surface area contributed by atoms with Crippen molar-refractivity contribution in [3.05, 3.63) is 144 Å². The van der Waals surface area contributed by atoms with Crippen LogP contribution in [0.25, 0.3) is 5.57 Å². The number of aromatic hydroxyl groups is 1. The van der Waals surface area contributed by atoms with Gasteiger partial charge in [0.25, 0.3) is 0 Å². The molecule has 41 heavy (non-hydrogen) atoms. The van der Waals surface area contributed by atoms with Gasteiger partial charge >= 0.3 is 0 Å². The molecule has 0 amide bonds. The summed E-state index contributed by atoms with van der Waals surface area (Å²) < 4.78 is 6.15. The fourth-order valence-corrected chi connectivity index (χ4v) is 5.76. The smallest absolute Gasteiger partial charge is 0.161 e. The average molecular weight is 545 g/mol. The molecule has 4 heteroatoms. The summed E-state index contributed by atoms with van der Waals surface area (Å²) in [5, 5.41) is 10.8. The average Bonchev–Trinajstić information content (AvgIpc) is 3.01. The van der Waals surface area contributed by atoms with Crippen molar-refractivity contribution in [1.82, 2.24) is 4.90 Å². The summed E-state index contributed by atoms with van der Waals surface area (Å²) in [7, 11) is 0. The van der Waals surface area contributed by atoms with Crippen LogP contribution in [-0.2, 0) is 19.5 Å². The van der Waals surface area contributed by atoms with Crippen molar-refractivity contribution in [3.63, 3.8) is 0 Å². The monoisotopic (exact) mass is 544 g/mol. The summed E-state index contributed by atoms with van der Waals surface area (Å²) in [5.74, 6) is 1.21. The van der Waals surface area contributed by atoms with Crippen LogP contribution in [0, 0.1) is 0 Å². The van der Waals surface area contributed by atoms with E-state index in [2.05, 4.69) is 91.1 Å². The lowest BCUT2D eigenvalue weighted by Crippen LogP contribution is -2.32. The summed E-state index contributed by atoms with van der Waals surface area (Å²) in [6.45, 7) is 17.2. The van der Waals surface area contributed by atoms with Crippen molar-refractivity contribution in [2.75, 3.05) is 18.2 Å². The molecule has 3 aromatic rings. The highest BCUT2D eigenvalue weighted by Gasteiger charge is 2.21. The van der Waals surface area contributed by atoms with Crippen LogP contribution in [0.3, 0.4) is 0 Å². The Kier molecular flexibility index (Phi) is 8.79. The first-order valence-electron chi connectivity index (χ1n) is 14.5. The third kappa shape index (κ3) is 6.17. The van der Waals surface area contributed by atoms with Gasteiger partial charge in [0, 0.05) is 42.1 Å². The van der Waals surface area contributed by atoms with Crippen molar-refractivity contribution in [1.29, 1.82) is 0 Å². The molecule has 0 radical (unpaired) electrons. The number of anilines is 1. The number of para-hydroxylation sites is 1. The third-order valence-electron chi connectivity index (χ3n) is 7.94. The Morgan fingerprint density at radius 3 is 2.51 bits per heavy atom. The van der Waals surface area contributed by atoms with Gasteiger partial charge in [-0.2, -0.15) is 0 Å². The Labute approximate surface area is 244 Å². The normalized spacial score (nSPS) is 14.3. The van der Waals surface area contributed by atoms with Gasteiger partial charge in [-0.3, -0.25) is 0 Å². The number of ether oxygens (including phenoxy) is 1. The van der Waals surface area contributed by atoms with E-state index in [0.29, 0.717) is 19.0 Å². The number of phenols is 1. The van der Waals surface area contributed by atoms with E-state index >= 15 is 0 Å². The molecular weight excluding hydrogens is 504 g/mol. The predicted octanol–water partition coefficient (Wildman–Crippen LogP) is 8.54. The van der Waals surface area contributed by atoms with Gasteiger partial charge in [0.15, 0.2) is 6.73 Å². The molecule has 0 fully saturated rings. The van der Waals surface area contributed by atoms with Crippen LogP contribution in [0.2, 0.25) is 0 Å². The largest absolute Gasteiger partial charge is 0.508 e. The van der Waals surface area contributed by atoms with E-state index in [-0.39, 0.29) is 0 Å². The zero-order chi connectivity index (χ0) is 28.8. The predicted molar refractivity (Wildman–Crippen MR) is 171 cm³/mol. The fourth-order valence-electron chi connectivity index (χ4n) is 5.76. The molecule has 1 aliphatic carbocycles. The molecular formula is C37H40N2O2. The summed E-state index contributed by atoms with van der Waals surface area (Å²) in [4.78, 5) is 4.60. The second kappa shape index (κ2) is 12.8. The van der Waals surface area contributed by atoms with Crippen LogP contribution in [0.5, 0.6) is 11.5 Å². The number of likely N-dealkylation sites (N-methyl/N-ethyl adjacent to an activating group) is 1. The van der Waals surface area contributed by atoms with Crippen molar-refractivity contribution in [3.8, 4) is 11.5 Å². The quantitative estimate of drug-likeness (QED) is 0.245. The Balaban J connectivity index is 1.37. The van der Waals surface area contributed by atoms with Crippen molar-refractivity contribution in [2.45, 2.75) is 45.7 Å². The molecule has 1 N–H and O–H groups in total. The zero-order valence-electron chi connectivity index (χ0n) is 24.1. The highest BCUT2D eigenvalue weighted by Crippen LogP contribution is 2.35. The van der Waals surface area contributed by atoms with Gasteiger partial charge in [-0.05, 0) is 90.8 Å². The van der Waals surface area contributed by atoms with Crippen LogP contribution in [0.1, 0.15) is 54.0 Å². The van der Waals surface area contributed by atoms with Gasteiger partial charge in [-0.25, -0.2) is 0 Å². The number of hydrogen-bond donors (Lipinski definition) is 1. The molecule has 0 bridgehead atoms. The molecule has 0 saturated carbocycles. The van der Waals surface area contributed by atoms with Gasteiger partial charge in [-0.1, -0.05) is 61.2 Å². The summed E-state index contributed by atoms with van der Waals surface area (Å²) >= 11 is 0. The summed E-state index contributed by atoms with van der Waals surface area (Å²) in [6.07, 6.45) is 12.3. The minimum Gasteiger partial charge on any atom is -0.508 e. The van der Waals surface area contributed by atoms with E-state index in [9.17, 15) is 5.11 Å². The first kappa shape index (κ1) is 28.1. The van der Waals surface area contributed by atoms with Gasteiger partial charge in [0.1, 0.15) is 11.5 Å². The number of phenolic OH excluding ortho intramolecular Hbond substituents is 1. The number of rotatable bonds is 11. The lowest BCUT2D eigenvalue weighted by Gasteiger charge is -2.32. The molecule has 3 aromatic carbocycles. The minimum atomic E-state index is 0.304. The lowest BCUT2D eigenvalue weighted by atomic mass is 9.95. The topological polar surface area (TPSA) is 35.9 Å². The molecule has 210 valence electrons. The van der Waals surface area contributed by atoms with Gasteiger partial charge in [-0.15, -0.1) is 13.2 Å². The Morgan fingerprint density at radius 2 is 1.71 bits per heavy atom. The number of allylic oxidation sites excluding steroid dienone is 5. The number of nitrogens with zero attached hydrogens (tertiary/aromatic N) is 2. The zero-order valence-corrected chi connectivity index (χ0v) is 24.1. The van der Waals surface area contributed by atoms with Gasteiger partial charge < -0.3 is 19.6 Å². The maximum atomic E-state index is 10.8. The lowest BCUT2D eigenvalue weighted by molar-refractivity contribution is 0.289. The van der Waals surface area contributed by atoms with Crippen LogP contribution >= 0.6 is 0 Å². The standard InChI is InChI=1S/C37H40N2O2/c1-5-12-28-14-8-10-16-34(28)38(7-3)24-32-22-30(18-20-36(32)40)27(4)31-19-21-37-33(23-31)25-39(26-41-37)35-17-11-9-15-29(35)13-6-2/h5-6,9,11,14-23,40H,1-2,4,7-8,10,12-13,24-26H2,3H3. The van der Waals surface area contributed by atoms with Crippen molar-refractivity contribution in [2.24, 2.45) is 0 Å². The van der Waals surface area contributed by atoms with Gasteiger partial charge in [0.2, 0.25) is 0 Å². The van der Waals surface area contributed by atoms with Crippen LogP contribution < -0.4 is 9.64 Å². The van der Waals surface area contributed by atoms with Crippen molar-refractivity contribution >= 4 is 11.3 Å². The molecule has 0 aromatic heterocycles. The molecule has 0 atom stereocenters. The highest BCUT2D eigenvalue weighted by molar-refractivity contribution is 5.79. The summed E-state index contributed by atoms with van der Waals surface area (Å²) in [6, 6.07) is 20.6. The van der Waals surface area contributed by atoms with Crippen LogP contribution in [0.4, 0.5) is 5.69 Å². The van der Waals surface area contributed by atoms with Crippen LogP contribution in [0.15, 0.2) is 116 Å². The van der Waals surface area contributed by atoms with Gasteiger partial charge in [0.05, 0.1) is 0 Å². The van der Waals surface area contributed by atoms with E-state index in [1.54, 1.807) is 6.07 Å². The second-order valence-electron chi connectivity index (χ2n) is 10.6.